The smallest absolute Gasteiger partial charge is 0.139 e. The molecule has 0 bridgehead atoms. The summed E-state index contributed by atoms with van der Waals surface area (Å²) in [6.07, 6.45) is 10.1. The highest BCUT2D eigenvalue weighted by Gasteiger charge is 2.41. The number of pyridine rings is 1. The van der Waals surface area contributed by atoms with Gasteiger partial charge in [-0.15, -0.1) is 0 Å². The Morgan fingerprint density at radius 1 is 1.12 bits per heavy atom. The number of anilines is 1. The van der Waals surface area contributed by atoms with Gasteiger partial charge in [-0.2, -0.15) is 10.2 Å². The summed E-state index contributed by atoms with van der Waals surface area (Å²) >= 11 is 0. The summed E-state index contributed by atoms with van der Waals surface area (Å²) in [5.74, 6) is 0. The molecule has 122 valence electrons. The van der Waals surface area contributed by atoms with Crippen LogP contribution in [0.1, 0.15) is 12.8 Å². The first-order valence-corrected chi connectivity index (χ1v) is 8.54. The van der Waals surface area contributed by atoms with Gasteiger partial charge < -0.3 is 15.2 Å². The molecule has 0 unspecified atom stereocenters. The van der Waals surface area contributed by atoms with Crippen LogP contribution in [-0.4, -0.2) is 46.3 Å². The standard InChI is InChI=1S/C18H20N6/c1-4-18(10-19-11-18)12-24(7-1)15-3-5-20-17-16(15)14(9-21-17)13-2-6-22-23-8-13/h2-3,5-6,8-9,19H,1,4,7,10-12H2,(H,20,21). The first-order chi connectivity index (χ1) is 11.8. The molecule has 2 N–H and O–H groups in total. The monoisotopic (exact) mass is 320 g/mol. The predicted molar refractivity (Wildman–Crippen MR) is 93.9 cm³/mol. The lowest BCUT2D eigenvalue weighted by Crippen LogP contribution is -2.61. The molecule has 24 heavy (non-hydrogen) atoms. The number of H-pyrrole nitrogens is 1. The van der Waals surface area contributed by atoms with Crippen molar-refractivity contribution in [3.63, 3.8) is 0 Å². The molecule has 3 aromatic rings. The van der Waals surface area contributed by atoms with Crippen LogP contribution in [0.2, 0.25) is 0 Å². The summed E-state index contributed by atoms with van der Waals surface area (Å²) in [4.78, 5) is 10.4. The Morgan fingerprint density at radius 3 is 2.88 bits per heavy atom. The van der Waals surface area contributed by atoms with Crippen LogP contribution in [0.4, 0.5) is 5.69 Å². The Hall–Kier alpha value is -2.47. The van der Waals surface area contributed by atoms with Crippen LogP contribution in [0.15, 0.2) is 36.9 Å². The van der Waals surface area contributed by atoms with E-state index in [4.69, 9.17) is 0 Å². The molecular formula is C18H20N6. The van der Waals surface area contributed by atoms with Crippen molar-refractivity contribution in [3.05, 3.63) is 36.9 Å². The third-order valence-corrected chi connectivity index (χ3v) is 5.45. The number of nitrogens with zero attached hydrogens (tertiary/aromatic N) is 4. The van der Waals surface area contributed by atoms with E-state index < -0.39 is 0 Å². The Bertz CT molecular complexity index is 868. The maximum absolute atomic E-state index is 4.52. The number of nitrogens with one attached hydrogen (secondary N) is 2. The molecule has 6 heteroatoms. The summed E-state index contributed by atoms with van der Waals surface area (Å²) in [7, 11) is 0. The van der Waals surface area contributed by atoms with Gasteiger partial charge in [0.1, 0.15) is 5.65 Å². The zero-order valence-corrected chi connectivity index (χ0v) is 13.5. The van der Waals surface area contributed by atoms with Crippen LogP contribution in [0.25, 0.3) is 22.2 Å². The number of rotatable bonds is 2. The van der Waals surface area contributed by atoms with Crippen molar-refractivity contribution in [2.75, 3.05) is 31.1 Å². The molecule has 2 fully saturated rings. The predicted octanol–water partition coefficient (Wildman–Crippen LogP) is 2.21. The van der Waals surface area contributed by atoms with Gasteiger partial charge in [0.15, 0.2) is 0 Å². The molecule has 2 saturated heterocycles. The number of piperidine rings is 1. The molecule has 3 aromatic heterocycles. The average Bonchev–Trinajstić information content (AvgIpc) is 3.05. The zero-order valence-electron chi connectivity index (χ0n) is 13.5. The van der Waals surface area contributed by atoms with Gasteiger partial charge in [-0.1, -0.05) is 0 Å². The number of aromatic amines is 1. The van der Waals surface area contributed by atoms with Crippen molar-refractivity contribution in [2.45, 2.75) is 12.8 Å². The minimum atomic E-state index is 0.461. The fraction of sp³-hybridized carbons (Fsp3) is 0.389. The van der Waals surface area contributed by atoms with Gasteiger partial charge in [-0.3, -0.25) is 0 Å². The fourth-order valence-electron chi connectivity index (χ4n) is 4.16. The molecule has 0 saturated carbocycles. The minimum Gasteiger partial charge on any atom is -0.370 e. The van der Waals surface area contributed by atoms with Gasteiger partial charge in [-0.25, -0.2) is 4.98 Å². The molecule has 0 aromatic carbocycles. The van der Waals surface area contributed by atoms with Gasteiger partial charge in [-0.05, 0) is 25.0 Å². The molecular weight excluding hydrogens is 300 g/mol. The van der Waals surface area contributed by atoms with E-state index in [-0.39, 0.29) is 0 Å². The minimum absolute atomic E-state index is 0.461. The van der Waals surface area contributed by atoms with Crippen molar-refractivity contribution in [1.29, 1.82) is 0 Å². The zero-order chi connectivity index (χ0) is 16.0. The third kappa shape index (κ3) is 2.10. The van der Waals surface area contributed by atoms with Crippen LogP contribution >= 0.6 is 0 Å². The maximum Gasteiger partial charge on any atom is 0.139 e. The Labute approximate surface area is 140 Å². The third-order valence-electron chi connectivity index (χ3n) is 5.45. The fourth-order valence-corrected chi connectivity index (χ4v) is 4.16. The van der Waals surface area contributed by atoms with E-state index in [9.17, 15) is 0 Å². The highest BCUT2D eigenvalue weighted by Crippen LogP contribution is 2.40. The molecule has 0 atom stereocenters. The molecule has 1 spiro atoms. The summed E-state index contributed by atoms with van der Waals surface area (Å²) in [5, 5.41) is 12.6. The first-order valence-electron chi connectivity index (χ1n) is 8.54. The largest absolute Gasteiger partial charge is 0.370 e. The van der Waals surface area contributed by atoms with Crippen LogP contribution in [0, 0.1) is 5.41 Å². The van der Waals surface area contributed by atoms with Gasteiger partial charge in [0.25, 0.3) is 0 Å². The Morgan fingerprint density at radius 2 is 2.08 bits per heavy atom. The summed E-state index contributed by atoms with van der Waals surface area (Å²) < 4.78 is 0. The van der Waals surface area contributed by atoms with E-state index in [0.29, 0.717) is 5.41 Å². The summed E-state index contributed by atoms with van der Waals surface area (Å²) in [6.45, 7) is 4.52. The lowest BCUT2D eigenvalue weighted by molar-refractivity contribution is 0.138. The lowest BCUT2D eigenvalue weighted by Gasteiger charge is -2.50. The van der Waals surface area contributed by atoms with E-state index in [2.05, 4.69) is 36.4 Å². The van der Waals surface area contributed by atoms with E-state index in [1.54, 1.807) is 6.20 Å². The second kappa shape index (κ2) is 5.27. The van der Waals surface area contributed by atoms with E-state index in [1.807, 2.05) is 24.7 Å². The highest BCUT2D eigenvalue weighted by atomic mass is 15.2. The van der Waals surface area contributed by atoms with Crippen LogP contribution in [0.5, 0.6) is 0 Å². The number of hydrogen-bond donors (Lipinski definition) is 2. The highest BCUT2D eigenvalue weighted by molar-refractivity contribution is 6.02. The molecule has 0 radical (unpaired) electrons. The second-order valence-electron chi connectivity index (χ2n) is 7.02. The molecule has 0 aliphatic carbocycles. The van der Waals surface area contributed by atoms with Crippen molar-refractivity contribution in [2.24, 2.45) is 5.41 Å². The molecule has 2 aliphatic heterocycles. The Kier molecular flexibility index (Phi) is 3.06. The maximum atomic E-state index is 4.52. The average molecular weight is 320 g/mol. The van der Waals surface area contributed by atoms with Crippen molar-refractivity contribution in [1.82, 2.24) is 25.5 Å². The molecule has 5 rings (SSSR count). The van der Waals surface area contributed by atoms with Gasteiger partial charge in [0.2, 0.25) is 0 Å². The van der Waals surface area contributed by atoms with Gasteiger partial charge >= 0.3 is 0 Å². The van der Waals surface area contributed by atoms with Crippen LogP contribution in [0.3, 0.4) is 0 Å². The van der Waals surface area contributed by atoms with E-state index in [1.165, 1.54) is 23.9 Å². The number of hydrogen-bond acceptors (Lipinski definition) is 5. The molecule has 2 aliphatic rings. The van der Waals surface area contributed by atoms with E-state index in [0.717, 1.165) is 43.0 Å². The van der Waals surface area contributed by atoms with Crippen molar-refractivity contribution >= 4 is 16.7 Å². The molecule has 5 heterocycles. The quantitative estimate of drug-likeness (QED) is 0.757. The second-order valence-corrected chi connectivity index (χ2v) is 7.02. The number of aromatic nitrogens is 4. The molecule has 0 amide bonds. The Balaban J connectivity index is 1.62. The molecule has 6 nitrogen and oxygen atoms in total. The topological polar surface area (TPSA) is 69.7 Å². The SMILES string of the molecule is c1cc(-c2c[nH]c3nccc(N4CCCC5(CNC5)C4)c23)cnn1. The van der Waals surface area contributed by atoms with Gasteiger partial charge in [0.05, 0.1) is 12.4 Å². The van der Waals surface area contributed by atoms with Crippen molar-refractivity contribution in [3.8, 4) is 11.1 Å². The van der Waals surface area contributed by atoms with Gasteiger partial charge in [0, 0.05) is 66.2 Å². The number of fused-ring (bicyclic) bond motifs is 1. The van der Waals surface area contributed by atoms with Crippen LogP contribution < -0.4 is 10.2 Å². The van der Waals surface area contributed by atoms with E-state index >= 15 is 0 Å². The first kappa shape index (κ1) is 13.9. The normalized spacial score (nSPS) is 19.6. The summed E-state index contributed by atoms with van der Waals surface area (Å²) in [5.41, 5.74) is 4.89. The lowest BCUT2D eigenvalue weighted by atomic mass is 9.75. The van der Waals surface area contributed by atoms with Crippen molar-refractivity contribution < 1.29 is 0 Å². The van der Waals surface area contributed by atoms with Crippen LogP contribution in [-0.2, 0) is 0 Å². The summed E-state index contributed by atoms with van der Waals surface area (Å²) in [6, 6.07) is 4.15.